The van der Waals surface area contributed by atoms with Crippen LogP contribution in [0, 0.1) is 11.3 Å². The zero-order chi connectivity index (χ0) is 20.9. The van der Waals surface area contributed by atoms with Crippen molar-refractivity contribution in [1.82, 2.24) is 4.90 Å². The molecule has 3 aliphatic carbocycles. The van der Waals surface area contributed by atoms with Crippen molar-refractivity contribution in [2.24, 2.45) is 11.3 Å². The highest BCUT2D eigenvalue weighted by Gasteiger charge is 2.84. The average molecular weight is 410 g/mol. The number of nitrogens with zero attached hydrogens (tertiary/aromatic N) is 2. The third-order valence-corrected chi connectivity index (χ3v) is 8.98. The number of Topliss-reactive ketones (excluding diaryl/α,β-unsaturated/α-hetero) is 1. The molecule has 5 bridgehead atoms. The van der Waals surface area contributed by atoms with Crippen molar-refractivity contribution < 1.29 is 23.9 Å². The van der Waals surface area contributed by atoms with Gasteiger partial charge in [-0.3, -0.25) is 19.4 Å². The molecule has 3 spiro atoms. The van der Waals surface area contributed by atoms with Gasteiger partial charge in [-0.05, 0) is 56.8 Å². The minimum Gasteiger partial charge on any atom is -0.469 e. The number of piperidine rings is 1. The fourth-order valence-corrected chi connectivity index (χ4v) is 8.20. The van der Waals surface area contributed by atoms with Crippen LogP contribution in [0.5, 0.6) is 0 Å². The number of fused-ring (bicyclic) bond motifs is 3. The number of hydrogen-bond donors (Lipinski definition) is 0. The van der Waals surface area contributed by atoms with Crippen molar-refractivity contribution in [2.75, 3.05) is 32.2 Å². The number of hydrogen-bond acceptors (Lipinski definition) is 6. The van der Waals surface area contributed by atoms with Crippen LogP contribution in [-0.4, -0.2) is 61.6 Å². The smallest absolute Gasteiger partial charge is 0.414 e. The number of carbonyl (C=O) groups excluding carboxylic acids is 3. The summed E-state index contributed by atoms with van der Waals surface area (Å²) in [6.07, 6.45) is 3.17. The van der Waals surface area contributed by atoms with Gasteiger partial charge in [0, 0.05) is 11.5 Å². The van der Waals surface area contributed by atoms with Gasteiger partial charge < -0.3 is 9.47 Å². The van der Waals surface area contributed by atoms with Crippen LogP contribution in [0.2, 0.25) is 0 Å². The first kappa shape index (κ1) is 18.4. The Morgan fingerprint density at radius 3 is 2.60 bits per heavy atom. The molecule has 6 unspecified atom stereocenters. The lowest BCUT2D eigenvalue weighted by Gasteiger charge is -2.67. The van der Waals surface area contributed by atoms with E-state index in [9.17, 15) is 14.4 Å². The Morgan fingerprint density at radius 1 is 1.03 bits per heavy atom. The molecule has 7 heteroatoms. The second-order valence-electron chi connectivity index (χ2n) is 9.47. The summed E-state index contributed by atoms with van der Waals surface area (Å²) in [6, 6.07) is 7.44. The fraction of sp³-hybridized carbons (Fsp3) is 0.609. The van der Waals surface area contributed by atoms with E-state index in [1.54, 1.807) is 4.90 Å². The summed E-state index contributed by atoms with van der Waals surface area (Å²) in [5.74, 6) is -0.674. The summed E-state index contributed by atoms with van der Waals surface area (Å²) in [4.78, 5) is 45.2. The van der Waals surface area contributed by atoms with Gasteiger partial charge in [0.1, 0.15) is 0 Å². The molecule has 1 amide bonds. The number of amides is 1. The molecule has 1 aromatic rings. The van der Waals surface area contributed by atoms with Gasteiger partial charge in [-0.2, -0.15) is 0 Å². The van der Waals surface area contributed by atoms with E-state index in [1.165, 1.54) is 14.2 Å². The Morgan fingerprint density at radius 2 is 1.83 bits per heavy atom. The van der Waals surface area contributed by atoms with Crippen LogP contribution in [0.25, 0.3) is 0 Å². The first-order chi connectivity index (χ1) is 14.5. The van der Waals surface area contributed by atoms with E-state index >= 15 is 0 Å². The molecule has 1 aromatic carbocycles. The molecular formula is C23H26N2O5. The topological polar surface area (TPSA) is 76.2 Å². The van der Waals surface area contributed by atoms with Crippen LogP contribution in [-0.2, 0) is 24.5 Å². The van der Waals surface area contributed by atoms with Crippen molar-refractivity contribution in [2.45, 2.75) is 49.1 Å². The largest absolute Gasteiger partial charge is 0.469 e. The van der Waals surface area contributed by atoms with Crippen LogP contribution in [0.4, 0.5) is 10.5 Å². The Balaban J connectivity index is 1.74. The summed E-state index contributed by atoms with van der Waals surface area (Å²) in [5, 5.41) is 0. The van der Waals surface area contributed by atoms with E-state index in [0.717, 1.165) is 31.5 Å². The molecular weight excluding hydrogens is 384 g/mol. The molecule has 3 saturated heterocycles. The summed E-state index contributed by atoms with van der Waals surface area (Å²) < 4.78 is 10.6. The maximum absolute atomic E-state index is 14.5. The van der Waals surface area contributed by atoms with E-state index < -0.39 is 28.4 Å². The second-order valence-corrected chi connectivity index (χ2v) is 9.47. The zero-order valence-electron chi connectivity index (χ0n) is 17.3. The third-order valence-electron chi connectivity index (χ3n) is 8.98. The predicted octanol–water partition coefficient (Wildman–Crippen LogP) is 2.27. The number of ketones is 1. The molecule has 6 atom stereocenters. The van der Waals surface area contributed by atoms with Gasteiger partial charge in [-0.1, -0.05) is 18.2 Å². The van der Waals surface area contributed by atoms with E-state index in [-0.39, 0.29) is 17.8 Å². The van der Waals surface area contributed by atoms with Gasteiger partial charge in [-0.15, -0.1) is 0 Å². The minimum atomic E-state index is -0.980. The lowest BCUT2D eigenvalue weighted by Crippen LogP contribution is -2.82. The van der Waals surface area contributed by atoms with Crippen LogP contribution in [0.15, 0.2) is 24.3 Å². The number of esters is 1. The number of anilines is 1. The zero-order valence-corrected chi connectivity index (χ0v) is 17.3. The van der Waals surface area contributed by atoms with E-state index in [1.807, 2.05) is 24.3 Å². The van der Waals surface area contributed by atoms with Gasteiger partial charge in [-0.25, -0.2) is 4.79 Å². The molecule has 8 rings (SSSR count). The number of para-hydroxylation sites is 1. The van der Waals surface area contributed by atoms with Crippen molar-refractivity contribution in [3.8, 4) is 0 Å². The molecule has 0 N–H and O–H groups in total. The second kappa shape index (κ2) is 5.63. The lowest BCUT2D eigenvalue weighted by molar-refractivity contribution is -0.183. The van der Waals surface area contributed by atoms with E-state index in [2.05, 4.69) is 4.90 Å². The van der Waals surface area contributed by atoms with Gasteiger partial charge in [0.15, 0.2) is 5.78 Å². The Kier molecular flexibility index (Phi) is 3.45. The van der Waals surface area contributed by atoms with Gasteiger partial charge >= 0.3 is 12.1 Å². The normalized spacial score (nSPS) is 42.4. The van der Waals surface area contributed by atoms with E-state index in [4.69, 9.17) is 9.47 Å². The van der Waals surface area contributed by atoms with Gasteiger partial charge in [0.2, 0.25) is 0 Å². The lowest BCUT2D eigenvalue weighted by atomic mass is 9.38. The molecule has 7 nitrogen and oxygen atoms in total. The highest BCUT2D eigenvalue weighted by Crippen LogP contribution is 2.73. The summed E-state index contributed by atoms with van der Waals surface area (Å²) in [6.45, 7) is 1.62. The first-order valence-corrected chi connectivity index (χ1v) is 10.8. The number of ether oxygens (including phenoxy) is 2. The predicted molar refractivity (Wildman–Crippen MR) is 107 cm³/mol. The van der Waals surface area contributed by atoms with Crippen LogP contribution in [0.1, 0.15) is 37.7 Å². The van der Waals surface area contributed by atoms with Crippen molar-refractivity contribution in [3.05, 3.63) is 29.8 Å². The highest BCUT2D eigenvalue weighted by atomic mass is 16.5. The summed E-state index contributed by atoms with van der Waals surface area (Å²) >= 11 is 0. The first-order valence-electron chi connectivity index (χ1n) is 10.8. The SMILES string of the molecule is COC(=O)C1C2N3CCCC24CCC12N(C(=O)OC)c1ccccc1C2(CC3)C4=O. The molecule has 30 heavy (non-hydrogen) atoms. The molecule has 0 radical (unpaired) electrons. The number of carbonyl (C=O) groups is 3. The number of methoxy groups -OCH3 is 2. The van der Waals surface area contributed by atoms with Crippen molar-refractivity contribution >= 4 is 23.5 Å². The maximum Gasteiger partial charge on any atom is 0.414 e. The Labute approximate surface area is 175 Å². The maximum atomic E-state index is 14.5. The quantitative estimate of drug-likeness (QED) is 0.661. The average Bonchev–Trinajstić information content (AvgIpc) is 2.93. The van der Waals surface area contributed by atoms with E-state index in [0.29, 0.717) is 24.9 Å². The Bertz CT molecular complexity index is 994. The van der Waals surface area contributed by atoms with Gasteiger partial charge in [0.05, 0.1) is 36.8 Å². The Hall–Kier alpha value is -2.41. The standard InChI is InChI=1S/C23H26N2O5/c1-29-18(26)16-17-21-8-5-12-24(17)13-11-22(19(21)27)14-6-3-4-7-15(14)25(20(28)30-2)23(16,22)10-9-21/h3-4,6-7,16-17H,5,8-13H2,1-2H3. The summed E-state index contributed by atoms with van der Waals surface area (Å²) in [5.41, 5.74) is -0.845. The molecule has 0 aromatic heterocycles. The molecule has 3 saturated carbocycles. The molecule has 6 fully saturated rings. The highest BCUT2D eigenvalue weighted by molar-refractivity contribution is 6.10. The summed E-state index contributed by atoms with van der Waals surface area (Å²) in [7, 11) is 2.77. The third kappa shape index (κ3) is 1.62. The number of benzene rings is 1. The molecule has 4 heterocycles. The molecule has 4 aliphatic heterocycles. The van der Waals surface area contributed by atoms with Crippen LogP contribution < -0.4 is 4.90 Å². The van der Waals surface area contributed by atoms with Crippen molar-refractivity contribution in [1.29, 1.82) is 0 Å². The fourth-order valence-electron chi connectivity index (χ4n) is 8.20. The molecule has 158 valence electrons. The van der Waals surface area contributed by atoms with Crippen LogP contribution in [0.3, 0.4) is 0 Å². The monoisotopic (exact) mass is 410 g/mol. The molecule has 7 aliphatic rings. The van der Waals surface area contributed by atoms with Crippen molar-refractivity contribution in [3.63, 3.8) is 0 Å². The number of rotatable bonds is 1. The minimum absolute atomic E-state index is 0.225. The van der Waals surface area contributed by atoms with Crippen LogP contribution >= 0.6 is 0 Å². The van der Waals surface area contributed by atoms with Gasteiger partial charge in [0.25, 0.3) is 0 Å².